The number of likely N-dealkylation sites (N-methyl/N-ethyl adjacent to an activating group) is 1. The molecule has 7 heterocycles. The van der Waals surface area contributed by atoms with E-state index in [0.717, 1.165) is 73.3 Å². The quantitative estimate of drug-likeness (QED) is 0.241. The molecule has 39 heavy (non-hydrogen) atoms. The minimum Gasteiger partial charge on any atom is -0.360 e. The SMILES string of the molecule is CC(=O)c1ccc(-c2nccc3[nH]c(C4=C5NC5N(C)c5ncc(-c6cncc(CN(C)C)c6)cc54)nc23)s1. The number of nitrogens with zero attached hydrogens (tertiary/aromatic N) is 6. The molecule has 10 heteroatoms. The Kier molecular flexibility index (Phi) is 5.36. The van der Waals surface area contributed by atoms with Crippen LogP contribution in [0.2, 0.25) is 0 Å². The van der Waals surface area contributed by atoms with E-state index in [9.17, 15) is 4.79 Å². The summed E-state index contributed by atoms with van der Waals surface area (Å²) in [5.41, 5.74) is 8.75. The highest BCUT2D eigenvalue weighted by atomic mass is 32.1. The number of hydrogen-bond acceptors (Lipinski definition) is 9. The molecule has 0 amide bonds. The molecule has 194 valence electrons. The Morgan fingerprint density at radius 2 is 1.95 bits per heavy atom. The summed E-state index contributed by atoms with van der Waals surface area (Å²) in [7, 11) is 6.15. The second kappa shape index (κ2) is 8.82. The Bertz CT molecular complexity index is 1820. The second-order valence-corrected chi connectivity index (χ2v) is 11.3. The summed E-state index contributed by atoms with van der Waals surface area (Å²) in [5, 5.41) is 3.51. The molecular weight excluding hydrogens is 508 g/mol. The number of Topliss-reactive ketones (excluding diaryl/α,β-unsaturated/α-hetero) is 1. The lowest BCUT2D eigenvalue weighted by atomic mass is 9.98. The van der Waals surface area contributed by atoms with Crippen LogP contribution in [0.25, 0.3) is 38.3 Å². The Morgan fingerprint density at radius 3 is 2.74 bits per heavy atom. The first-order chi connectivity index (χ1) is 18.9. The predicted molar refractivity (Wildman–Crippen MR) is 153 cm³/mol. The molecule has 1 saturated heterocycles. The van der Waals surface area contributed by atoms with Crippen LogP contribution in [-0.4, -0.2) is 62.9 Å². The Labute approximate surface area is 229 Å². The predicted octanol–water partition coefficient (Wildman–Crippen LogP) is 4.55. The zero-order chi connectivity index (χ0) is 26.8. The molecule has 9 nitrogen and oxygen atoms in total. The van der Waals surface area contributed by atoms with E-state index in [0.29, 0.717) is 4.88 Å². The fourth-order valence-corrected chi connectivity index (χ4v) is 6.09. The fraction of sp³-hybridized carbons (Fsp3) is 0.207. The first kappa shape index (κ1) is 23.7. The van der Waals surface area contributed by atoms with E-state index in [1.165, 1.54) is 11.3 Å². The van der Waals surface area contributed by atoms with E-state index in [4.69, 9.17) is 9.97 Å². The number of anilines is 1. The van der Waals surface area contributed by atoms with E-state index >= 15 is 0 Å². The van der Waals surface area contributed by atoms with Gasteiger partial charge in [-0.25, -0.2) is 9.97 Å². The molecule has 0 aromatic carbocycles. The summed E-state index contributed by atoms with van der Waals surface area (Å²) < 4.78 is 0. The molecule has 5 aromatic heterocycles. The van der Waals surface area contributed by atoms with Gasteiger partial charge >= 0.3 is 0 Å². The Morgan fingerprint density at radius 1 is 1.10 bits per heavy atom. The summed E-state index contributed by atoms with van der Waals surface area (Å²) >= 11 is 1.44. The van der Waals surface area contributed by atoms with Crippen LogP contribution < -0.4 is 10.2 Å². The molecule has 0 aliphatic carbocycles. The van der Waals surface area contributed by atoms with Gasteiger partial charge in [0.2, 0.25) is 0 Å². The van der Waals surface area contributed by atoms with Crippen LogP contribution in [0.5, 0.6) is 0 Å². The third-order valence-electron chi connectivity index (χ3n) is 7.06. The molecule has 1 unspecified atom stereocenters. The summed E-state index contributed by atoms with van der Waals surface area (Å²) in [6.07, 6.45) is 7.58. The number of H-pyrrole nitrogens is 1. The maximum atomic E-state index is 11.9. The van der Waals surface area contributed by atoms with Gasteiger partial charge in [0.1, 0.15) is 29.0 Å². The van der Waals surface area contributed by atoms with Gasteiger partial charge in [-0.2, -0.15) is 0 Å². The van der Waals surface area contributed by atoms with Crippen molar-refractivity contribution in [3.05, 3.63) is 82.6 Å². The van der Waals surface area contributed by atoms with Crippen molar-refractivity contribution in [2.75, 3.05) is 26.0 Å². The fourth-order valence-electron chi connectivity index (χ4n) is 5.19. The molecule has 2 aliphatic rings. The van der Waals surface area contributed by atoms with Gasteiger partial charge in [0.15, 0.2) is 5.78 Å². The van der Waals surface area contributed by atoms with Gasteiger partial charge in [0.25, 0.3) is 0 Å². The first-order valence-electron chi connectivity index (χ1n) is 12.7. The van der Waals surface area contributed by atoms with Gasteiger partial charge in [-0.1, -0.05) is 0 Å². The van der Waals surface area contributed by atoms with Crippen molar-refractivity contribution >= 4 is 39.5 Å². The Hall–Kier alpha value is -4.41. The maximum absolute atomic E-state index is 11.9. The standard InChI is InChI=1S/C29H26N8OS/c1-15(38)21-5-6-22(39-21)25-24-20(7-8-31-25)33-27(34-24)23-19-10-18(13-32-28(19)37(4)29-26(23)35-29)17-9-16(11-30-12-17)14-36(2)3/h5-13,29,35H,14H2,1-4H3,(H,33,34). The van der Waals surface area contributed by atoms with Crippen molar-refractivity contribution in [3.8, 4) is 21.7 Å². The van der Waals surface area contributed by atoms with E-state index in [1.807, 2.05) is 36.8 Å². The van der Waals surface area contributed by atoms with E-state index in [2.05, 4.69) is 63.3 Å². The highest BCUT2D eigenvalue weighted by Crippen LogP contribution is 2.45. The number of rotatable bonds is 6. The zero-order valence-corrected chi connectivity index (χ0v) is 22.8. The number of hydrogen-bond donors (Lipinski definition) is 2. The lowest BCUT2D eigenvalue weighted by Gasteiger charge is -2.24. The summed E-state index contributed by atoms with van der Waals surface area (Å²) in [5.74, 6) is 1.71. The van der Waals surface area contributed by atoms with Crippen molar-refractivity contribution in [3.63, 3.8) is 0 Å². The number of ketones is 1. The normalized spacial score (nSPS) is 15.9. The van der Waals surface area contributed by atoms with E-state index < -0.39 is 0 Å². The lowest BCUT2D eigenvalue weighted by Crippen LogP contribution is -2.27. The highest BCUT2D eigenvalue weighted by molar-refractivity contribution is 7.17. The number of aromatic amines is 1. The minimum atomic E-state index is 0.0487. The van der Waals surface area contributed by atoms with Crippen LogP contribution in [0.4, 0.5) is 5.82 Å². The van der Waals surface area contributed by atoms with Gasteiger partial charge in [-0.3, -0.25) is 14.8 Å². The van der Waals surface area contributed by atoms with Crippen LogP contribution in [0.3, 0.4) is 0 Å². The van der Waals surface area contributed by atoms with Crippen LogP contribution in [0.15, 0.2) is 60.8 Å². The van der Waals surface area contributed by atoms with Crippen molar-refractivity contribution in [2.24, 2.45) is 0 Å². The van der Waals surface area contributed by atoms with E-state index in [-0.39, 0.29) is 11.9 Å². The largest absolute Gasteiger partial charge is 0.360 e. The molecule has 0 spiro atoms. The molecule has 0 radical (unpaired) electrons. The molecular formula is C29H26N8OS. The number of fused-ring (bicyclic) bond motifs is 3. The van der Waals surface area contributed by atoms with Crippen LogP contribution in [-0.2, 0) is 6.54 Å². The smallest absolute Gasteiger partial charge is 0.169 e. The topological polar surface area (TPSA) is 113 Å². The number of thiophene rings is 1. The average molecular weight is 535 g/mol. The molecule has 2 aliphatic heterocycles. The van der Waals surface area contributed by atoms with Crippen molar-refractivity contribution in [1.29, 1.82) is 0 Å². The first-order valence-corrected chi connectivity index (χ1v) is 13.5. The Balaban J connectivity index is 1.34. The van der Waals surface area contributed by atoms with Crippen molar-refractivity contribution in [1.82, 2.24) is 35.1 Å². The zero-order valence-electron chi connectivity index (χ0n) is 22.0. The molecule has 7 rings (SSSR count). The van der Waals surface area contributed by atoms with Gasteiger partial charge in [-0.05, 0) is 56.9 Å². The van der Waals surface area contributed by atoms with Gasteiger partial charge in [0, 0.05) is 55.1 Å². The van der Waals surface area contributed by atoms with Crippen molar-refractivity contribution < 1.29 is 4.79 Å². The van der Waals surface area contributed by atoms with Gasteiger partial charge in [0.05, 0.1) is 26.5 Å². The molecule has 5 aromatic rings. The van der Waals surface area contributed by atoms with Crippen LogP contribution in [0.1, 0.15) is 33.5 Å². The molecule has 0 saturated carbocycles. The van der Waals surface area contributed by atoms with Crippen LogP contribution >= 0.6 is 11.3 Å². The molecule has 0 bridgehead atoms. The summed E-state index contributed by atoms with van der Waals surface area (Å²) in [6.45, 7) is 2.40. The molecule has 1 atom stereocenters. The molecule has 1 fully saturated rings. The summed E-state index contributed by atoms with van der Waals surface area (Å²) in [4.78, 5) is 40.4. The monoisotopic (exact) mass is 534 g/mol. The second-order valence-electron chi connectivity index (χ2n) is 10.2. The highest BCUT2D eigenvalue weighted by Gasteiger charge is 2.44. The number of pyridine rings is 3. The number of imidazole rings is 1. The number of carbonyl (C=O) groups excluding carboxylic acids is 1. The van der Waals surface area contributed by atoms with E-state index in [1.54, 1.807) is 13.1 Å². The molecule has 2 N–H and O–H groups in total. The number of nitrogens with one attached hydrogen (secondary N) is 2. The van der Waals surface area contributed by atoms with Gasteiger partial charge in [-0.15, -0.1) is 11.3 Å². The average Bonchev–Trinajstić information content (AvgIpc) is 3.34. The third-order valence-corrected chi connectivity index (χ3v) is 8.25. The maximum Gasteiger partial charge on any atom is 0.169 e. The lowest BCUT2D eigenvalue weighted by molar-refractivity contribution is 0.102. The summed E-state index contributed by atoms with van der Waals surface area (Å²) in [6, 6.07) is 10.1. The minimum absolute atomic E-state index is 0.0487. The van der Waals surface area contributed by atoms with Crippen molar-refractivity contribution in [2.45, 2.75) is 19.6 Å². The van der Waals surface area contributed by atoms with Gasteiger partial charge < -0.3 is 20.1 Å². The number of carbonyl (C=O) groups is 1. The van der Waals surface area contributed by atoms with Crippen LogP contribution in [0, 0.1) is 0 Å². The third kappa shape index (κ3) is 4.00. The number of aromatic nitrogens is 5.